The van der Waals surface area contributed by atoms with Crippen LogP contribution in [-0.4, -0.2) is 56.7 Å². The monoisotopic (exact) mass is 1000 g/mol. The molecule has 0 aliphatic heterocycles. The van der Waals surface area contributed by atoms with Gasteiger partial charge in [-0.15, -0.1) is 0 Å². The van der Waals surface area contributed by atoms with Gasteiger partial charge in [0.05, 0.1) is 19.3 Å². The molecule has 0 saturated heterocycles. The average molecular weight is 1010 g/mol. The van der Waals surface area contributed by atoms with Crippen LogP contribution in [0.15, 0.2) is 172 Å². The van der Waals surface area contributed by atoms with Crippen molar-refractivity contribution in [3.8, 4) is 17.2 Å². The molecule has 4 rings (SSSR count). The molecular formula is C63H72O11. The molecule has 2 aromatic rings. The number of carboxylic acids is 1. The van der Waals surface area contributed by atoms with Gasteiger partial charge in [-0.05, 0) is 116 Å². The number of benzene rings is 2. The van der Waals surface area contributed by atoms with Crippen LogP contribution in [0.1, 0.15) is 125 Å². The molecule has 11 nitrogen and oxygen atoms in total. The summed E-state index contributed by atoms with van der Waals surface area (Å²) < 4.78 is 10.8. The molecule has 0 saturated carbocycles. The van der Waals surface area contributed by atoms with E-state index in [1.165, 1.54) is 18.2 Å². The summed E-state index contributed by atoms with van der Waals surface area (Å²) >= 11 is 0. The van der Waals surface area contributed by atoms with Gasteiger partial charge in [-0.25, -0.2) is 0 Å². The number of ketones is 3. The number of rotatable bonds is 22. The molecule has 2 aromatic carbocycles. The van der Waals surface area contributed by atoms with Crippen molar-refractivity contribution in [3.63, 3.8) is 0 Å². The van der Waals surface area contributed by atoms with E-state index in [0.29, 0.717) is 35.3 Å². The Balaban J connectivity index is 1.23. The smallest absolute Gasteiger partial charge is 0.311 e. The standard InChI is InChI=1S/C63H72O11/c1-41(15-11-12-16-42(2)18-14-20-44(4)22-31-55-46(6)61(72)56(40-63(55,9)10)74-59(70)34-32-57(67)68)17-13-19-43(3)21-30-54-45(5)60(71)49(39-62(54,7)8)37-50(64)27-33-58(69)73-53-28-25-47(26-29-53)23-24-48-35-51(65)38-52(66)36-48/h11-26,28-31,35-36,38,49,56,65-66H,27,32-34,37,39-40H2,1-10H3,(H,67,68)/b12-11+,17-13+,18-14+,24-23+,30-21+,31-22+,41-15+,42-16+,43-19+,44-20+. The quantitative estimate of drug-likeness (QED) is 0.0442. The van der Waals surface area contributed by atoms with Gasteiger partial charge in [0, 0.05) is 31.2 Å². The molecule has 0 fully saturated rings. The van der Waals surface area contributed by atoms with Crippen molar-refractivity contribution in [2.75, 3.05) is 0 Å². The van der Waals surface area contributed by atoms with Gasteiger partial charge >= 0.3 is 17.9 Å². The Bertz CT molecular complexity index is 2820. The van der Waals surface area contributed by atoms with Crippen LogP contribution in [0.25, 0.3) is 12.2 Å². The molecule has 2 aliphatic carbocycles. The van der Waals surface area contributed by atoms with Crippen LogP contribution in [-0.2, 0) is 33.5 Å². The summed E-state index contributed by atoms with van der Waals surface area (Å²) in [5.74, 6) is -3.01. The molecule has 0 radical (unpaired) electrons. The molecule has 0 heterocycles. The highest BCUT2D eigenvalue weighted by atomic mass is 16.5. The van der Waals surface area contributed by atoms with Crippen molar-refractivity contribution in [1.82, 2.24) is 0 Å². The molecule has 0 bridgehead atoms. The third-order valence-corrected chi connectivity index (χ3v) is 12.8. The molecule has 74 heavy (non-hydrogen) atoms. The van der Waals surface area contributed by atoms with Gasteiger partial charge in [-0.3, -0.25) is 28.8 Å². The minimum Gasteiger partial charge on any atom is -0.508 e. The van der Waals surface area contributed by atoms with Gasteiger partial charge in [0.25, 0.3) is 0 Å². The molecule has 11 heteroatoms. The summed E-state index contributed by atoms with van der Waals surface area (Å²) in [7, 11) is 0. The van der Waals surface area contributed by atoms with Crippen molar-refractivity contribution in [1.29, 1.82) is 0 Å². The van der Waals surface area contributed by atoms with Crippen LogP contribution < -0.4 is 4.74 Å². The lowest BCUT2D eigenvalue weighted by Crippen LogP contribution is -2.39. The Kier molecular flexibility index (Phi) is 21.8. The van der Waals surface area contributed by atoms with Crippen molar-refractivity contribution in [2.24, 2.45) is 16.7 Å². The topological polar surface area (TPSA) is 182 Å². The van der Waals surface area contributed by atoms with Crippen molar-refractivity contribution in [3.05, 3.63) is 183 Å². The summed E-state index contributed by atoms with van der Waals surface area (Å²) in [6.07, 6.45) is 30.6. The number of carboxylic acid groups (broad SMARTS) is 1. The lowest BCUT2D eigenvalue weighted by molar-refractivity contribution is -0.157. The third-order valence-electron chi connectivity index (χ3n) is 12.8. The Morgan fingerprint density at radius 1 is 0.581 bits per heavy atom. The summed E-state index contributed by atoms with van der Waals surface area (Å²) in [4.78, 5) is 75.2. The van der Waals surface area contributed by atoms with Crippen molar-refractivity contribution in [2.45, 2.75) is 120 Å². The van der Waals surface area contributed by atoms with Gasteiger partial charge in [0.1, 0.15) is 23.0 Å². The predicted molar refractivity (Wildman–Crippen MR) is 293 cm³/mol. The second kappa shape index (κ2) is 27.4. The molecule has 0 spiro atoms. The highest BCUT2D eigenvalue weighted by Gasteiger charge is 2.40. The largest absolute Gasteiger partial charge is 0.508 e. The minimum atomic E-state index is -1.10. The summed E-state index contributed by atoms with van der Waals surface area (Å²) in [5.41, 5.74) is 7.73. The fourth-order valence-electron chi connectivity index (χ4n) is 8.83. The lowest BCUT2D eigenvalue weighted by Gasteiger charge is -2.36. The fraction of sp³-hybridized carbons (Fsp3) is 0.333. The first kappa shape index (κ1) is 58.9. The van der Waals surface area contributed by atoms with Crippen molar-refractivity contribution >= 4 is 47.4 Å². The van der Waals surface area contributed by atoms with Crippen LogP contribution in [0, 0.1) is 16.7 Å². The van der Waals surface area contributed by atoms with Crippen molar-refractivity contribution < 1.29 is 53.6 Å². The number of aliphatic carboxylic acids is 1. The van der Waals surface area contributed by atoms with E-state index in [0.717, 1.165) is 39.0 Å². The molecule has 2 aliphatic rings. The van der Waals surface area contributed by atoms with Gasteiger partial charge in [-0.1, -0.05) is 159 Å². The predicted octanol–water partition coefficient (Wildman–Crippen LogP) is 13.5. The van der Waals surface area contributed by atoms with E-state index >= 15 is 0 Å². The van der Waals surface area contributed by atoms with E-state index in [1.54, 1.807) is 43.3 Å². The fourth-order valence-corrected chi connectivity index (χ4v) is 8.83. The van der Waals surface area contributed by atoms with Crippen LogP contribution in [0.5, 0.6) is 17.2 Å². The minimum absolute atomic E-state index is 0.0217. The van der Waals surface area contributed by atoms with Gasteiger partial charge in [0.2, 0.25) is 0 Å². The summed E-state index contributed by atoms with van der Waals surface area (Å²) in [6.45, 7) is 19.7. The van der Waals surface area contributed by atoms with Gasteiger partial charge < -0.3 is 24.8 Å². The molecule has 2 unspecified atom stereocenters. The van der Waals surface area contributed by atoms with Crippen LogP contribution in [0.2, 0.25) is 0 Å². The third kappa shape index (κ3) is 19.1. The Morgan fingerprint density at radius 3 is 1.59 bits per heavy atom. The van der Waals surface area contributed by atoms with E-state index < -0.39 is 35.3 Å². The Labute approximate surface area is 436 Å². The van der Waals surface area contributed by atoms with Gasteiger partial charge in [-0.2, -0.15) is 0 Å². The number of aromatic hydroxyl groups is 2. The number of esters is 2. The molecule has 2 atom stereocenters. The van der Waals surface area contributed by atoms with E-state index in [9.17, 15) is 39.0 Å². The summed E-state index contributed by atoms with van der Waals surface area (Å²) in [5, 5.41) is 28.2. The lowest BCUT2D eigenvalue weighted by atomic mass is 9.66. The first-order valence-corrected chi connectivity index (χ1v) is 24.9. The molecule has 390 valence electrons. The number of hydrogen-bond acceptors (Lipinski definition) is 10. The highest BCUT2D eigenvalue weighted by Crippen LogP contribution is 2.44. The zero-order chi connectivity index (χ0) is 54.8. The SMILES string of the molecule is CC1=C(/C=C/C(C)=C/C=C/C(C)=C/C=C/C=C(C)/C=C/C=C(C)/C=C/C2=C(C)C(=O)C(OC(=O)CCC(=O)O)CC2(C)C)C(C)(C)CC(CC(=O)CCC(=O)Oc2ccc(/C=C/c3cc(O)cc(O)c3)cc2)C1=O. The molecule has 0 aromatic heterocycles. The number of allylic oxidation sites excluding steroid dienone is 21. The van der Waals surface area contributed by atoms with E-state index in [2.05, 4.69) is 13.8 Å². The average Bonchev–Trinajstić information content (AvgIpc) is 3.31. The van der Waals surface area contributed by atoms with E-state index in [1.807, 2.05) is 134 Å². The molecule has 3 N–H and O–H groups in total. The maximum absolute atomic E-state index is 13.5. The molecular weight excluding hydrogens is 933 g/mol. The first-order valence-electron chi connectivity index (χ1n) is 24.9. The molecule has 0 amide bonds. The number of Topliss-reactive ketones (excluding diaryl/α,β-unsaturated/α-hetero) is 3. The second-order valence-electron chi connectivity index (χ2n) is 20.4. The normalized spacial score (nSPS) is 19.1. The first-order chi connectivity index (χ1) is 34.8. The summed E-state index contributed by atoms with van der Waals surface area (Å²) in [6, 6.07) is 11.1. The number of hydrogen-bond donors (Lipinski definition) is 3. The second-order valence-corrected chi connectivity index (χ2v) is 20.4. The Morgan fingerprint density at radius 2 is 1.05 bits per heavy atom. The maximum atomic E-state index is 13.5. The van der Waals surface area contributed by atoms with Crippen LogP contribution in [0.4, 0.5) is 0 Å². The van der Waals surface area contributed by atoms with Crippen LogP contribution >= 0.6 is 0 Å². The number of carbonyl (C=O) groups excluding carboxylic acids is 5. The number of ether oxygens (including phenoxy) is 2. The number of phenols is 2. The van der Waals surface area contributed by atoms with Crippen LogP contribution in [0.3, 0.4) is 0 Å². The van der Waals surface area contributed by atoms with E-state index in [-0.39, 0.29) is 66.4 Å². The zero-order valence-electron chi connectivity index (χ0n) is 44.5. The number of phenolic OH excluding ortho intramolecular Hbond substituents is 2. The van der Waals surface area contributed by atoms with Gasteiger partial charge in [0.15, 0.2) is 17.7 Å². The highest BCUT2D eigenvalue weighted by molar-refractivity contribution is 6.02. The Hall–Kier alpha value is -7.66. The maximum Gasteiger partial charge on any atom is 0.311 e. The zero-order valence-corrected chi connectivity index (χ0v) is 44.5. The number of carbonyl (C=O) groups is 6. The van der Waals surface area contributed by atoms with E-state index in [4.69, 9.17) is 14.6 Å².